The van der Waals surface area contributed by atoms with E-state index in [-0.39, 0.29) is 18.4 Å². The first kappa shape index (κ1) is 11.3. The van der Waals surface area contributed by atoms with Gasteiger partial charge in [-0.15, -0.1) is 12.4 Å². The molecule has 0 saturated carbocycles. The van der Waals surface area contributed by atoms with Gasteiger partial charge in [-0.3, -0.25) is 0 Å². The Hall–Kier alpha value is -0.770. The van der Waals surface area contributed by atoms with Gasteiger partial charge in [-0.2, -0.15) is 0 Å². The molecule has 0 bridgehead atoms. The number of ether oxygens (including phenoxy) is 1. The largest absolute Gasteiger partial charge is 0.496 e. The average molecular weight is 216 g/mol. The van der Waals surface area contributed by atoms with E-state index in [9.17, 15) is 5.11 Å². The molecule has 0 aromatic heterocycles. The third-order valence-electron chi connectivity index (χ3n) is 2.55. The molecule has 0 radical (unpaired) electrons. The van der Waals surface area contributed by atoms with Crippen molar-refractivity contribution >= 4 is 12.4 Å². The smallest absolute Gasteiger partial charge is 0.122 e. The highest BCUT2D eigenvalue weighted by Crippen LogP contribution is 2.35. The zero-order valence-corrected chi connectivity index (χ0v) is 8.75. The van der Waals surface area contributed by atoms with E-state index in [2.05, 4.69) is 0 Å². The minimum atomic E-state index is -0.537. The summed E-state index contributed by atoms with van der Waals surface area (Å²) >= 11 is 0. The third-order valence-corrected chi connectivity index (χ3v) is 2.55. The Kier molecular flexibility index (Phi) is 3.37. The summed E-state index contributed by atoms with van der Waals surface area (Å²) in [6, 6.07) is 5.48. The second-order valence-corrected chi connectivity index (χ2v) is 3.34. The molecule has 0 fully saturated rings. The normalized spacial score (nSPS) is 23.9. The van der Waals surface area contributed by atoms with Gasteiger partial charge in [0.15, 0.2) is 0 Å². The molecule has 78 valence electrons. The van der Waals surface area contributed by atoms with Crippen molar-refractivity contribution in [2.75, 3.05) is 7.11 Å². The fourth-order valence-electron chi connectivity index (χ4n) is 1.85. The van der Waals surface area contributed by atoms with E-state index < -0.39 is 6.10 Å². The third kappa shape index (κ3) is 1.59. The topological polar surface area (TPSA) is 55.5 Å². The molecule has 0 spiro atoms. The summed E-state index contributed by atoms with van der Waals surface area (Å²) in [7, 11) is 1.63. The van der Waals surface area contributed by atoms with E-state index in [1.54, 1.807) is 7.11 Å². The number of halogens is 1. The predicted octanol–water partition coefficient (Wildman–Crippen LogP) is 1.03. The van der Waals surface area contributed by atoms with Gasteiger partial charge < -0.3 is 15.6 Å². The first-order valence-corrected chi connectivity index (χ1v) is 4.33. The Balaban J connectivity index is 0.000000980. The predicted molar refractivity (Wildman–Crippen MR) is 56.9 cm³/mol. The van der Waals surface area contributed by atoms with Crippen LogP contribution in [0.15, 0.2) is 18.2 Å². The number of benzene rings is 1. The molecule has 3 nitrogen and oxygen atoms in total. The highest BCUT2D eigenvalue weighted by Gasteiger charge is 2.29. The van der Waals surface area contributed by atoms with Gasteiger partial charge in [-0.1, -0.05) is 12.1 Å². The first-order valence-electron chi connectivity index (χ1n) is 4.33. The molecule has 0 saturated heterocycles. The lowest BCUT2D eigenvalue weighted by atomic mass is 10.1. The van der Waals surface area contributed by atoms with Gasteiger partial charge in [0, 0.05) is 11.6 Å². The number of aliphatic hydroxyl groups is 1. The van der Waals surface area contributed by atoms with Crippen LogP contribution in [0.4, 0.5) is 0 Å². The van der Waals surface area contributed by atoms with Gasteiger partial charge in [-0.25, -0.2) is 0 Å². The van der Waals surface area contributed by atoms with Crippen LogP contribution in [-0.2, 0) is 6.42 Å². The van der Waals surface area contributed by atoms with Gasteiger partial charge in [0.25, 0.3) is 0 Å². The number of rotatable bonds is 1. The molecule has 0 amide bonds. The van der Waals surface area contributed by atoms with Crippen molar-refractivity contribution in [2.24, 2.45) is 5.73 Å². The van der Waals surface area contributed by atoms with E-state index in [4.69, 9.17) is 10.5 Å². The number of hydrogen-bond acceptors (Lipinski definition) is 3. The lowest BCUT2D eigenvalue weighted by Gasteiger charge is -2.08. The SMILES string of the molecule is COc1cccc2c1CC(N)C2O.Cl. The van der Waals surface area contributed by atoms with Crippen LogP contribution in [0, 0.1) is 0 Å². The summed E-state index contributed by atoms with van der Waals surface area (Å²) in [4.78, 5) is 0. The molecule has 0 heterocycles. The maximum absolute atomic E-state index is 9.69. The second kappa shape index (κ2) is 4.17. The van der Waals surface area contributed by atoms with Crippen LogP contribution in [-0.4, -0.2) is 18.3 Å². The monoisotopic (exact) mass is 215 g/mol. The van der Waals surface area contributed by atoms with E-state index >= 15 is 0 Å². The zero-order chi connectivity index (χ0) is 9.42. The van der Waals surface area contributed by atoms with E-state index in [1.165, 1.54) is 0 Å². The fraction of sp³-hybridized carbons (Fsp3) is 0.400. The van der Waals surface area contributed by atoms with Crippen LogP contribution in [0.1, 0.15) is 17.2 Å². The van der Waals surface area contributed by atoms with Gasteiger partial charge in [-0.05, 0) is 18.1 Å². The van der Waals surface area contributed by atoms with Crippen molar-refractivity contribution in [3.63, 3.8) is 0 Å². The van der Waals surface area contributed by atoms with Crippen molar-refractivity contribution in [2.45, 2.75) is 18.6 Å². The number of nitrogens with two attached hydrogens (primary N) is 1. The van der Waals surface area contributed by atoms with Gasteiger partial charge in [0.1, 0.15) is 5.75 Å². The molecule has 1 aromatic rings. The Morgan fingerprint density at radius 2 is 2.21 bits per heavy atom. The minimum Gasteiger partial charge on any atom is -0.496 e. The van der Waals surface area contributed by atoms with Crippen molar-refractivity contribution in [3.8, 4) is 5.75 Å². The quantitative estimate of drug-likeness (QED) is 0.736. The maximum atomic E-state index is 9.69. The van der Waals surface area contributed by atoms with Crippen molar-refractivity contribution in [1.29, 1.82) is 0 Å². The van der Waals surface area contributed by atoms with Crippen LogP contribution in [0.5, 0.6) is 5.75 Å². The molecular formula is C10H14ClNO2. The Morgan fingerprint density at radius 3 is 2.86 bits per heavy atom. The molecule has 2 unspecified atom stereocenters. The molecule has 2 atom stereocenters. The highest BCUT2D eigenvalue weighted by atomic mass is 35.5. The maximum Gasteiger partial charge on any atom is 0.122 e. The van der Waals surface area contributed by atoms with E-state index in [0.717, 1.165) is 16.9 Å². The van der Waals surface area contributed by atoms with Crippen LogP contribution < -0.4 is 10.5 Å². The average Bonchev–Trinajstić information content (AvgIpc) is 2.43. The first-order chi connectivity index (χ1) is 6.24. The summed E-state index contributed by atoms with van der Waals surface area (Å²) in [6.45, 7) is 0. The van der Waals surface area contributed by atoms with Crippen molar-refractivity contribution < 1.29 is 9.84 Å². The molecular weight excluding hydrogens is 202 g/mol. The number of hydrogen-bond donors (Lipinski definition) is 2. The molecule has 1 aliphatic carbocycles. The zero-order valence-electron chi connectivity index (χ0n) is 7.93. The molecule has 0 aliphatic heterocycles. The van der Waals surface area contributed by atoms with Crippen molar-refractivity contribution in [1.82, 2.24) is 0 Å². The molecule has 4 heteroatoms. The number of fused-ring (bicyclic) bond motifs is 1. The van der Waals surface area contributed by atoms with Gasteiger partial charge in [0.05, 0.1) is 13.2 Å². The lowest BCUT2D eigenvalue weighted by Crippen LogP contribution is -2.24. The Labute approximate surface area is 89.3 Å². The summed E-state index contributed by atoms with van der Waals surface area (Å²) in [5, 5.41) is 9.69. The van der Waals surface area contributed by atoms with Gasteiger partial charge in [0.2, 0.25) is 0 Å². The van der Waals surface area contributed by atoms with Crippen LogP contribution in [0.25, 0.3) is 0 Å². The number of aliphatic hydroxyl groups excluding tert-OH is 1. The molecule has 2 rings (SSSR count). The van der Waals surface area contributed by atoms with E-state index in [1.807, 2.05) is 18.2 Å². The minimum absolute atomic E-state index is 0. The number of methoxy groups -OCH3 is 1. The molecule has 3 N–H and O–H groups in total. The molecule has 1 aromatic carbocycles. The summed E-state index contributed by atoms with van der Waals surface area (Å²) in [6.07, 6.45) is 0.158. The van der Waals surface area contributed by atoms with E-state index in [0.29, 0.717) is 6.42 Å². The van der Waals surface area contributed by atoms with Gasteiger partial charge >= 0.3 is 0 Å². The fourth-order valence-corrected chi connectivity index (χ4v) is 1.85. The van der Waals surface area contributed by atoms with Crippen molar-refractivity contribution in [3.05, 3.63) is 29.3 Å². The van der Waals surface area contributed by atoms with Crippen LogP contribution in [0.2, 0.25) is 0 Å². The summed E-state index contributed by atoms with van der Waals surface area (Å²) in [5.41, 5.74) is 7.70. The Morgan fingerprint density at radius 1 is 1.50 bits per heavy atom. The standard InChI is InChI=1S/C10H13NO2.ClH/c1-13-9-4-2-3-6-7(9)5-8(11)10(6)12;/h2-4,8,10,12H,5,11H2,1H3;1H. The Bertz CT molecular complexity index is 330. The summed E-state index contributed by atoms with van der Waals surface area (Å²) in [5.74, 6) is 0.824. The van der Waals surface area contributed by atoms with Crippen LogP contribution >= 0.6 is 12.4 Å². The molecule has 14 heavy (non-hydrogen) atoms. The molecule has 1 aliphatic rings. The second-order valence-electron chi connectivity index (χ2n) is 3.34. The summed E-state index contributed by atoms with van der Waals surface area (Å²) < 4.78 is 5.19. The lowest BCUT2D eigenvalue weighted by molar-refractivity contribution is 0.159. The van der Waals surface area contributed by atoms with Crippen LogP contribution in [0.3, 0.4) is 0 Å². The highest BCUT2D eigenvalue weighted by molar-refractivity contribution is 5.85.